The largest absolute Gasteiger partial charge is 0.359 e. The van der Waals surface area contributed by atoms with E-state index in [9.17, 15) is 0 Å². The molecule has 0 aromatic carbocycles. The van der Waals surface area contributed by atoms with E-state index in [0.29, 0.717) is 10.3 Å². The SMILES string of the molecule is CC1CCCC2(CSC(=NCC3(C)CCCS3)N2)C1. The van der Waals surface area contributed by atoms with Crippen molar-refractivity contribution in [1.29, 1.82) is 0 Å². The Morgan fingerprint density at radius 3 is 3.00 bits per heavy atom. The first-order valence-electron chi connectivity index (χ1n) is 7.69. The summed E-state index contributed by atoms with van der Waals surface area (Å²) in [6, 6.07) is 0. The topological polar surface area (TPSA) is 24.4 Å². The monoisotopic (exact) mass is 298 g/mol. The lowest BCUT2D eigenvalue weighted by Gasteiger charge is -2.36. The lowest BCUT2D eigenvalue weighted by atomic mass is 9.78. The van der Waals surface area contributed by atoms with Gasteiger partial charge in [0, 0.05) is 16.0 Å². The van der Waals surface area contributed by atoms with Gasteiger partial charge in [0.2, 0.25) is 0 Å². The van der Waals surface area contributed by atoms with Gasteiger partial charge in [-0.15, -0.1) is 0 Å². The highest BCUT2D eigenvalue weighted by Crippen LogP contribution is 2.40. The van der Waals surface area contributed by atoms with E-state index in [1.54, 1.807) is 0 Å². The molecule has 3 rings (SSSR count). The fourth-order valence-corrected chi connectivity index (χ4v) is 6.11. The van der Waals surface area contributed by atoms with Gasteiger partial charge in [0.25, 0.3) is 0 Å². The molecule has 108 valence electrons. The molecule has 2 heterocycles. The second-order valence-electron chi connectivity index (χ2n) is 6.92. The van der Waals surface area contributed by atoms with Gasteiger partial charge in [-0.25, -0.2) is 0 Å². The fourth-order valence-electron chi connectivity index (χ4n) is 3.70. The predicted octanol–water partition coefficient (Wildman–Crippen LogP) is 3.91. The van der Waals surface area contributed by atoms with Crippen LogP contribution in [0.3, 0.4) is 0 Å². The molecule has 19 heavy (non-hydrogen) atoms. The van der Waals surface area contributed by atoms with Crippen LogP contribution < -0.4 is 5.32 Å². The van der Waals surface area contributed by atoms with E-state index in [2.05, 4.69) is 30.9 Å². The highest BCUT2D eigenvalue weighted by Gasteiger charge is 2.40. The van der Waals surface area contributed by atoms with Crippen molar-refractivity contribution in [3.63, 3.8) is 0 Å². The van der Waals surface area contributed by atoms with Crippen molar-refractivity contribution in [3.8, 4) is 0 Å². The van der Waals surface area contributed by atoms with E-state index < -0.39 is 0 Å². The molecule has 1 aliphatic carbocycles. The third-order valence-electron chi connectivity index (χ3n) is 4.81. The van der Waals surface area contributed by atoms with Crippen LogP contribution in [0.4, 0.5) is 0 Å². The predicted molar refractivity (Wildman–Crippen MR) is 88.4 cm³/mol. The first-order valence-corrected chi connectivity index (χ1v) is 9.66. The summed E-state index contributed by atoms with van der Waals surface area (Å²) in [5, 5.41) is 5.01. The molecule has 1 saturated carbocycles. The molecule has 3 fully saturated rings. The van der Waals surface area contributed by atoms with Crippen LogP contribution >= 0.6 is 23.5 Å². The third kappa shape index (κ3) is 3.26. The summed E-state index contributed by atoms with van der Waals surface area (Å²) >= 11 is 4.07. The molecule has 3 aliphatic rings. The zero-order valence-electron chi connectivity index (χ0n) is 12.2. The van der Waals surface area contributed by atoms with Crippen molar-refractivity contribution in [3.05, 3.63) is 0 Å². The van der Waals surface area contributed by atoms with Crippen molar-refractivity contribution in [2.45, 2.75) is 62.7 Å². The zero-order valence-corrected chi connectivity index (χ0v) is 13.8. The van der Waals surface area contributed by atoms with Crippen LogP contribution in [0.2, 0.25) is 0 Å². The van der Waals surface area contributed by atoms with Crippen LogP contribution in [0.5, 0.6) is 0 Å². The molecule has 0 amide bonds. The van der Waals surface area contributed by atoms with Crippen molar-refractivity contribution >= 4 is 28.7 Å². The average Bonchev–Trinajstić information content (AvgIpc) is 2.95. The summed E-state index contributed by atoms with van der Waals surface area (Å²) in [5.41, 5.74) is 0.380. The first kappa shape index (κ1) is 14.1. The molecule has 0 aromatic rings. The van der Waals surface area contributed by atoms with Gasteiger partial charge in [0.1, 0.15) is 0 Å². The summed E-state index contributed by atoms with van der Waals surface area (Å²) in [6.07, 6.45) is 8.18. The minimum atomic E-state index is 0.380. The number of amidine groups is 1. The molecular formula is C15H26N2S2. The van der Waals surface area contributed by atoms with Crippen LogP contribution in [0.1, 0.15) is 52.4 Å². The van der Waals surface area contributed by atoms with E-state index in [4.69, 9.17) is 4.99 Å². The summed E-state index contributed by atoms with van der Waals surface area (Å²) in [6.45, 7) is 5.78. The van der Waals surface area contributed by atoms with Gasteiger partial charge in [0.05, 0.1) is 6.54 Å². The van der Waals surface area contributed by atoms with Crippen molar-refractivity contribution < 1.29 is 0 Å². The second-order valence-corrected chi connectivity index (χ2v) is 9.57. The number of thioether (sulfide) groups is 2. The fraction of sp³-hybridized carbons (Fsp3) is 0.933. The lowest BCUT2D eigenvalue weighted by Crippen LogP contribution is -2.47. The standard InChI is InChI=1S/C15H26N2S2/c1-12-5-3-7-15(9-12)11-18-13(17-15)16-10-14(2)6-4-8-19-14/h12H,3-11H2,1-2H3,(H,16,17). The maximum atomic E-state index is 4.90. The van der Waals surface area contributed by atoms with E-state index in [1.165, 1.54) is 55.2 Å². The Labute approximate surface area is 126 Å². The van der Waals surface area contributed by atoms with Gasteiger partial charge in [-0.3, -0.25) is 4.99 Å². The zero-order chi connectivity index (χ0) is 13.3. The summed E-state index contributed by atoms with van der Waals surface area (Å²) in [7, 11) is 0. The van der Waals surface area contributed by atoms with Crippen LogP contribution in [-0.4, -0.2) is 33.5 Å². The quantitative estimate of drug-likeness (QED) is 0.836. The van der Waals surface area contributed by atoms with Crippen LogP contribution in [0.25, 0.3) is 0 Å². The maximum Gasteiger partial charge on any atom is 0.157 e. The number of nitrogens with zero attached hydrogens (tertiary/aromatic N) is 1. The molecule has 0 bridgehead atoms. The summed E-state index contributed by atoms with van der Waals surface area (Å²) in [5.74, 6) is 3.44. The first-order chi connectivity index (χ1) is 9.09. The molecule has 0 aromatic heterocycles. The Bertz CT molecular complexity index is 363. The van der Waals surface area contributed by atoms with Crippen molar-refractivity contribution in [1.82, 2.24) is 5.32 Å². The van der Waals surface area contributed by atoms with Crippen molar-refractivity contribution in [2.75, 3.05) is 18.1 Å². The van der Waals surface area contributed by atoms with E-state index in [-0.39, 0.29) is 0 Å². The smallest absolute Gasteiger partial charge is 0.157 e. The number of hydrogen-bond donors (Lipinski definition) is 1. The molecular weight excluding hydrogens is 272 g/mol. The Hall–Kier alpha value is 0.170. The number of hydrogen-bond acceptors (Lipinski definition) is 3. The molecule has 0 radical (unpaired) electrons. The Kier molecular flexibility index (Phi) is 4.10. The molecule has 3 atom stereocenters. The van der Waals surface area contributed by atoms with Gasteiger partial charge < -0.3 is 5.32 Å². The molecule has 2 nitrogen and oxygen atoms in total. The van der Waals surface area contributed by atoms with Gasteiger partial charge in [-0.05, 0) is 44.3 Å². The minimum Gasteiger partial charge on any atom is -0.359 e. The van der Waals surface area contributed by atoms with Crippen LogP contribution in [0, 0.1) is 5.92 Å². The van der Waals surface area contributed by atoms with Crippen molar-refractivity contribution in [2.24, 2.45) is 10.9 Å². The number of aliphatic imine (C=N–C) groups is 1. The Morgan fingerprint density at radius 1 is 1.37 bits per heavy atom. The minimum absolute atomic E-state index is 0.380. The summed E-state index contributed by atoms with van der Waals surface area (Å²) in [4.78, 5) is 4.90. The number of rotatable bonds is 2. The normalized spacial score (nSPS) is 44.9. The molecule has 2 aliphatic heterocycles. The molecule has 1 N–H and O–H groups in total. The highest BCUT2D eigenvalue weighted by atomic mass is 32.2. The molecule has 2 saturated heterocycles. The average molecular weight is 299 g/mol. The van der Waals surface area contributed by atoms with Gasteiger partial charge >= 0.3 is 0 Å². The van der Waals surface area contributed by atoms with Gasteiger partial charge in [0.15, 0.2) is 5.17 Å². The van der Waals surface area contributed by atoms with Crippen LogP contribution in [0.15, 0.2) is 4.99 Å². The van der Waals surface area contributed by atoms with Gasteiger partial charge in [-0.1, -0.05) is 31.5 Å². The molecule has 4 heteroatoms. The second kappa shape index (κ2) is 5.51. The molecule has 3 unspecified atom stereocenters. The highest BCUT2D eigenvalue weighted by molar-refractivity contribution is 8.14. The van der Waals surface area contributed by atoms with E-state index in [1.807, 2.05) is 11.8 Å². The molecule has 1 spiro atoms. The Balaban J connectivity index is 1.59. The maximum absolute atomic E-state index is 4.90. The van der Waals surface area contributed by atoms with E-state index >= 15 is 0 Å². The van der Waals surface area contributed by atoms with Gasteiger partial charge in [-0.2, -0.15) is 11.8 Å². The van der Waals surface area contributed by atoms with Crippen LogP contribution in [-0.2, 0) is 0 Å². The summed E-state index contributed by atoms with van der Waals surface area (Å²) < 4.78 is 0.408. The number of nitrogens with one attached hydrogen (secondary N) is 1. The Morgan fingerprint density at radius 2 is 2.26 bits per heavy atom. The van der Waals surface area contributed by atoms with E-state index in [0.717, 1.165) is 12.5 Å². The lowest BCUT2D eigenvalue weighted by molar-refractivity contribution is 0.242. The third-order valence-corrected chi connectivity index (χ3v) is 7.53.